The second-order valence-electron chi connectivity index (χ2n) is 5.80. The molecule has 0 spiro atoms. The highest BCUT2D eigenvalue weighted by molar-refractivity contribution is 7.98. The minimum Gasteiger partial charge on any atom is -0.450 e. The summed E-state index contributed by atoms with van der Waals surface area (Å²) in [5, 5.41) is 11.9. The van der Waals surface area contributed by atoms with Crippen molar-refractivity contribution in [3.63, 3.8) is 0 Å². The van der Waals surface area contributed by atoms with E-state index in [2.05, 4.69) is 4.98 Å². The Labute approximate surface area is 158 Å². The van der Waals surface area contributed by atoms with Gasteiger partial charge in [0.25, 0.3) is 5.69 Å². The molecular formula is C19H16N2O5S. The molecule has 1 unspecified atom stereocenters. The number of aromatic nitrogens is 1. The minimum atomic E-state index is -1.09. The number of Topliss-reactive ketones (excluding diaryl/α,β-unsaturated/α-hetero) is 1. The van der Waals surface area contributed by atoms with Gasteiger partial charge in [0.2, 0.25) is 5.78 Å². The monoisotopic (exact) mass is 384 g/mol. The minimum absolute atomic E-state index is 0.176. The van der Waals surface area contributed by atoms with Crippen molar-refractivity contribution in [2.75, 3.05) is 6.26 Å². The number of hydrogen-bond donors (Lipinski definition) is 1. The number of H-pyrrole nitrogens is 1. The fourth-order valence-corrected chi connectivity index (χ4v) is 3.18. The maximum Gasteiger partial charge on any atom is 0.345 e. The van der Waals surface area contributed by atoms with E-state index in [9.17, 15) is 19.7 Å². The molecule has 0 fully saturated rings. The third-order valence-electron chi connectivity index (χ3n) is 4.13. The highest BCUT2D eigenvalue weighted by atomic mass is 32.2. The highest BCUT2D eigenvalue weighted by Crippen LogP contribution is 2.26. The first-order valence-electron chi connectivity index (χ1n) is 8.06. The molecular weight excluding hydrogens is 368 g/mol. The van der Waals surface area contributed by atoms with Gasteiger partial charge in [-0.1, -0.05) is 18.2 Å². The lowest BCUT2D eigenvalue weighted by molar-refractivity contribution is -0.385. The van der Waals surface area contributed by atoms with Crippen LogP contribution in [-0.4, -0.2) is 34.0 Å². The molecule has 0 saturated heterocycles. The van der Waals surface area contributed by atoms with Crippen molar-refractivity contribution >= 4 is 40.1 Å². The van der Waals surface area contributed by atoms with Gasteiger partial charge in [0, 0.05) is 33.6 Å². The summed E-state index contributed by atoms with van der Waals surface area (Å²) in [7, 11) is 0. The molecule has 138 valence electrons. The molecule has 1 heterocycles. The van der Waals surface area contributed by atoms with Crippen LogP contribution < -0.4 is 0 Å². The molecule has 27 heavy (non-hydrogen) atoms. The number of nitrogens with zero attached hydrogens (tertiary/aromatic N) is 1. The number of benzene rings is 2. The number of nitrogens with one attached hydrogen (secondary N) is 1. The van der Waals surface area contributed by atoms with Gasteiger partial charge in [0.1, 0.15) is 5.56 Å². The summed E-state index contributed by atoms with van der Waals surface area (Å²) in [6.45, 7) is 1.45. The van der Waals surface area contributed by atoms with Crippen LogP contribution in [0.5, 0.6) is 0 Å². The smallest absolute Gasteiger partial charge is 0.345 e. The third-order valence-corrected chi connectivity index (χ3v) is 4.85. The molecule has 0 bridgehead atoms. The van der Waals surface area contributed by atoms with Gasteiger partial charge in [0.05, 0.1) is 4.92 Å². The summed E-state index contributed by atoms with van der Waals surface area (Å²) in [6, 6.07) is 11.5. The first kappa shape index (κ1) is 18.7. The number of para-hydroxylation sites is 1. The number of ether oxygens (including phenoxy) is 1. The Morgan fingerprint density at radius 1 is 1.19 bits per heavy atom. The van der Waals surface area contributed by atoms with Gasteiger partial charge in [-0.15, -0.1) is 11.8 Å². The summed E-state index contributed by atoms with van der Waals surface area (Å²) >= 11 is 1.34. The Morgan fingerprint density at radius 2 is 1.93 bits per heavy atom. The van der Waals surface area contributed by atoms with Crippen LogP contribution in [0.15, 0.2) is 53.6 Å². The number of carbonyl (C=O) groups is 2. The van der Waals surface area contributed by atoms with E-state index in [0.717, 1.165) is 10.9 Å². The molecule has 0 aliphatic rings. The van der Waals surface area contributed by atoms with Crippen LogP contribution >= 0.6 is 11.8 Å². The van der Waals surface area contributed by atoms with Gasteiger partial charge in [-0.2, -0.15) is 0 Å². The molecule has 0 radical (unpaired) electrons. The first-order valence-corrected chi connectivity index (χ1v) is 9.28. The fourth-order valence-electron chi connectivity index (χ4n) is 2.74. The van der Waals surface area contributed by atoms with Crippen molar-refractivity contribution in [2.24, 2.45) is 0 Å². The average molecular weight is 384 g/mol. The van der Waals surface area contributed by atoms with Crippen molar-refractivity contribution in [1.29, 1.82) is 0 Å². The van der Waals surface area contributed by atoms with Crippen LogP contribution in [0.1, 0.15) is 27.6 Å². The number of nitro benzene ring substituents is 1. The normalized spacial score (nSPS) is 11.9. The van der Waals surface area contributed by atoms with E-state index < -0.39 is 17.0 Å². The summed E-state index contributed by atoms with van der Waals surface area (Å²) in [5.74, 6) is -1.29. The van der Waals surface area contributed by atoms with Crippen LogP contribution in [0.25, 0.3) is 10.9 Å². The predicted molar refractivity (Wildman–Crippen MR) is 102 cm³/mol. The van der Waals surface area contributed by atoms with E-state index in [1.54, 1.807) is 30.7 Å². The lowest BCUT2D eigenvalue weighted by atomic mass is 10.1. The van der Waals surface area contributed by atoms with E-state index in [-0.39, 0.29) is 17.0 Å². The van der Waals surface area contributed by atoms with E-state index >= 15 is 0 Å². The number of nitro groups is 1. The second kappa shape index (κ2) is 7.63. The lowest BCUT2D eigenvalue weighted by Crippen LogP contribution is -2.24. The number of rotatable bonds is 6. The number of aromatic amines is 1. The molecule has 0 aliphatic carbocycles. The van der Waals surface area contributed by atoms with Crippen molar-refractivity contribution in [2.45, 2.75) is 17.9 Å². The molecule has 8 heteroatoms. The number of ketones is 1. The number of carbonyl (C=O) groups excluding carboxylic acids is 2. The summed E-state index contributed by atoms with van der Waals surface area (Å²) in [6.07, 6.45) is 2.27. The summed E-state index contributed by atoms with van der Waals surface area (Å²) < 4.78 is 5.25. The van der Waals surface area contributed by atoms with Gasteiger partial charge >= 0.3 is 5.97 Å². The fraction of sp³-hybridized carbons (Fsp3) is 0.158. The molecule has 3 rings (SSSR count). The Balaban J connectivity index is 1.85. The SMILES string of the molecule is CSc1ccc([N+](=O)[O-])c(C(=O)OC(C)C(=O)c2c[nH]c3ccccc23)c1. The third kappa shape index (κ3) is 3.70. The standard InChI is InChI=1S/C19H16N2O5S/c1-11(18(22)15-10-20-16-6-4-3-5-13(15)16)26-19(23)14-9-12(27-2)7-8-17(14)21(24)25/h3-11,20H,1-2H3. The largest absolute Gasteiger partial charge is 0.450 e. The van der Waals surface area contributed by atoms with Crippen molar-refractivity contribution < 1.29 is 19.2 Å². The van der Waals surface area contributed by atoms with Crippen molar-refractivity contribution in [3.8, 4) is 0 Å². The van der Waals surface area contributed by atoms with E-state index in [4.69, 9.17) is 4.74 Å². The van der Waals surface area contributed by atoms with E-state index in [1.165, 1.54) is 30.8 Å². The molecule has 7 nitrogen and oxygen atoms in total. The van der Waals surface area contributed by atoms with Crippen LogP contribution in [0.2, 0.25) is 0 Å². The van der Waals surface area contributed by atoms with Crippen LogP contribution in [0.3, 0.4) is 0 Å². The Bertz CT molecular complexity index is 1040. The zero-order chi connectivity index (χ0) is 19.6. The predicted octanol–water partition coefficient (Wildman–Crippen LogP) is 4.23. The molecule has 0 aliphatic heterocycles. The van der Waals surface area contributed by atoms with Crippen LogP contribution in [0, 0.1) is 10.1 Å². The van der Waals surface area contributed by atoms with Gasteiger partial charge in [-0.05, 0) is 31.4 Å². The second-order valence-corrected chi connectivity index (χ2v) is 6.68. The maximum absolute atomic E-state index is 12.7. The molecule has 3 aromatic rings. The Kier molecular flexibility index (Phi) is 5.27. The number of hydrogen-bond acceptors (Lipinski definition) is 6. The maximum atomic E-state index is 12.7. The van der Waals surface area contributed by atoms with Gasteiger partial charge in [-0.25, -0.2) is 4.79 Å². The number of fused-ring (bicyclic) bond motifs is 1. The van der Waals surface area contributed by atoms with Gasteiger partial charge < -0.3 is 9.72 Å². The topological polar surface area (TPSA) is 102 Å². The van der Waals surface area contributed by atoms with Crippen LogP contribution in [0.4, 0.5) is 5.69 Å². The van der Waals surface area contributed by atoms with Gasteiger partial charge in [-0.3, -0.25) is 14.9 Å². The number of esters is 1. The summed E-state index contributed by atoms with van der Waals surface area (Å²) in [4.78, 5) is 39.4. The molecule has 1 atom stereocenters. The Hall–Kier alpha value is -3.13. The first-order chi connectivity index (χ1) is 12.9. The van der Waals surface area contributed by atoms with Crippen LogP contribution in [-0.2, 0) is 4.74 Å². The molecule has 1 N–H and O–H groups in total. The Morgan fingerprint density at radius 3 is 2.63 bits per heavy atom. The molecule has 1 aromatic heterocycles. The number of thioether (sulfide) groups is 1. The lowest BCUT2D eigenvalue weighted by Gasteiger charge is -2.12. The quantitative estimate of drug-likeness (QED) is 0.224. The molecule has 0 amide bonds. The van der Waals surface area contributed by atoms with E-state index in [1.807, 2.05) is 12.1 Å². The zero-order valence-corrected chi connectivity index (χ0v) is 15.4. The molecule has 2 aromatic carbocycles. The summed E-state index contributed by atoms with van der Waals surface area (Å²) in [5.41, 5.74) is 0.663. The van der Waals surface area contributed by atoms with Gasteiger partial charge in [0.15, 0.2) is 6.10 Å². The zero-order valence-electron chi connectivity index (χ0n) is 14.6. The van der Waals surface area contributed by atoms with Crippen molar-refractivity contribution in [1.82, 2.24) is 4.98 Å². The van der Waals surface area contributed by atoms with Crippen molar-refractivity contribution in [3.05, 3.63) is 69.9 Å². The molecule has 0 saturated carbocycles. The highest BCUT2D eigenvalue weighted by Gasteiger charge is 2.27. The van der Waals surface area contributed by atoms with E-state index in [0.29, 0.717) is 10.5 Å². The average Bonchev–Trinajstić information content (AvgIpc) is 3.10.